The van der Waals surface area contributed by atoms with Gasteiger partial charge in [-0.25, -0.2) is 4.98 Å². The lowest BCUT2D eigenvalue weighted by Gasteiger charge is -2.12. The molecule has 21 heavy (non-hydrogen) atoms. The number of nitriles is 1. The molecule has 1 aromatic carbocycles. The van der Waals surface area contributed by atoms with Crippen LogP contribution in [0.5, 0.6) is 11.5 Å². The predicted octanol–water partition coefficient (Wildman–Crippen LogP) is 3.26. The minimum absolute atomic E-state index is 0.0420. The molecule has 0 aliphatic carbocycles. The van der Waals surface area contributed by atoms with Crippen molar-refractivity contribution in [1.82, 2.24) is 4.98 Å². The number of aromatic nitrogens is 1. The molecule has 2 aromatic rings. The molecule has 0 spiro atoms. The Morgan fingerprint density at radius 1 is 1.24 bits per heavy atom. The molecule has 0 unspecified atom stereocenters. The van der Waals surface area contributed by atoms with Crippen LogP contribution in [0.15, 0.2) is 36.5 Å². The zero-order valence-corrected chi connectivity index (χ0v) is 10.6. The Balaban J connectivity index is 2.33. The summed E-state index contributed by atoms with van der Waals surface area (Å²) in [6.45, 7) is -0.362. The first-order valence-corrected chi connectivity index (χ1v) is 5.79. The summed E-state index contributed by atoms with van der Waals surface area (Å²) in [5.74, 6) is 0.143. The van der Waals surface area contributed by atoms with Gasteiger partial charge in [-0.05, 0) is 18.2 Å². The van der Waals surface area contributed by atoms with E-state index in [-0.39, 0.29) is 23.7 Å². The Kier molecular flexibility index (Phi) is 4.10. The minimum atomic E-state index is -4.53. The van der Waals surface area contributed by atoms with Crippen molar-refractivity contribution >= 4 is 0 Å². The number of rotatable bonds is 3. The molecule has 0 saturated carbocycles. The van der Waals surface area contributed by atoms with E-state index in [9.17, 15) is 18.3 Å². The Hall–Kier alpha value is -2.59. The summed E-state index contributed by atoms with van der Waals surface area (Å²) >= 11 is 0. The largest absolute Gasteiger partial charge is 0.454 e. The number of halogens is 3. The third kappa shape index (κ3) is 3.30. The van der Waals surface area contributed by atoms with E-state index in [0.29, 0.717) is 5.56 Å². The van der Waals surface area contributed by atoms with Crippen LogP contribution in [-0.2, 0) is 12.8 Å². The van der Waals surface area contributed by atoms with Crippen molar-refractivity contribution in [2.75, 3.05) is 0 Å². The van der Waals surface area contributed by atoms with E-state index in [1.807, 2.05) is 6.07 Å². The van der Waals surface area contributed by atoms with Crippen LogP contribution in [0.2, 0.25) is 0 Å². The van der Waals surface area contributed by atoms with Gasteiger partial charge < -0.3 is 9.84 Å². The third-order valence-corrected chi connectivity index (χ3v) is 2.63. The van der Waals surface area contributed by atoms with Crippen molar-refractivity contribution in [2.24, 2.45) is 0 Å². The van der Waals surface area contributed by atoms with E-state index < -0.39 is 11.9 Å². The smallest absolute Gasteiger partial charge is 0.433 e. The zero-order chi connectivity index (χ0) is 15.5. The number of aliphatic hydroxyl groups is 1. The van der Waals surface area contributed by atoms with Gasteiger partial charge in [0.25, 0.3) is 0 Å². The summed E-state index contributed by atoms with van der Waals surface area (Å²) < 4.78 is 42.6. The lowest BCUT2D eigenvalue weighted by Crippen LogP contribution is -2.07. The molecule has 0 fully saturated rings. The van der Waals surface area contributed by atoms with Crippen LogP contribution in [-0.4, -0.2) is 10.1 Å². The van der Waals surface area contributed by atoms with Crippen LogP contribution in [0.3, 0.4) is 0 Å². The lowest BCUT2D eigenvalue weighted by atomic mass is 10.1. The molecule has 0 aliphatic heterocycles. The van der Waals surface area contributed by atoms with Gasteiger partial charge in [0.05, 0.1) is 18.4 Å². The number of aliphatic hydroxyl groups excluding tert-OH is 1. The van der Waals surface area contributed by atoms with Crippen LogP contribution < -0.4 is 4.74 Å². The Labute approximate surface area is 118 Å². The maximum absolute atomic E-state index is 12.4. The predicted molar refractivity (Wildman–Crippen MR) is 66.4 cm³/mol. The molecule has 1 heterocycles. The van der Waals surface area contributed by atoms with Gasteiger partial charge in [-0.2, -0.15) is 18.4 Å². The van der Waals surface area contributed by atoms with Gasteiger partial charge in [-0.1, -0.05) is 12.1 Å². The van der Waals surface area contributed by atoms with E-state index in [1.165, 1.54) is 6.07 Å². The van der Waals surface area contributed by atoms with Crippen LogP contribution in [0.25, 0.3) is 0 Å². The number of hydrogen-bond donors (Lipinski definition) is 1. The van der Waals surface area contributed by atoms with Crippen LogP contribution in [0, 0.1) is 11.3 Å². The molecule has 7 heteroatoms. The molecule has 0 saturated heterocycles. The van der Waals surface area contributed by atoms with Crippen molar-refractivity contribution in [1.29, 1.82) is 5.26 Å². The number of para-hydroxylation sites is 1. The molecule has 0 aliphatic rings. The standard InChI is InChI=1S/C14H9F3N2O2/c15-14(16,17)12-5-4-11(7-19-12)21-13-9(6-18)2-1-3-10(13)8-20/h1-5,7,20H,8H2. The van der Waals surface area contributed by atoms with Crippen LogP contribution in [0.1, 0.15) is 16.8 Å². The summed E-state index contributed by atoms with van der Waals surface area (Å²) in [6.07, 6.45) is -3.61. The monoisotopic (exact) mass is 294 g/mol. The van der Waals surface area contributed by atoms with E-state index in [2.05, 4.69) is 4.98 Å². The summed E-state index contributed by atoms with van der Waals surface area (Å²) in [4.78, 5) is 3.26. The molecule has 1 N–H and O–H groups in total. The van der Waals surface area contributed by atoms with Gasteiger partial charge in [0.1, 0.15) is 17.5 Å². The first-order valence-electron chi connectivity index (χ1n) is 5.79. The Morgan fingerprint density at radius 3 is 2.52 bits per heavy atom. The fourth-order valence-electron chi connectivity index (χ4n) is 1.64. The summed E-state index contributed by atoms with van der Waals surface area (Å²) in [7, 11) is 0. The average molecular weight is 294 g/mol. The fraction of sp³-hybridized carbons (Fsp3) is 0.143. The van der Waals surface area contributed by atoms with Crippen molar-refractivity contribution < 1.29 is 23.0 Å². The maximum Gasteiger partial charge on any atom is 0.433 e. The highest BCUT2D eigenvalue weighted by atomic mass is 19.4. The van der Waals surface area contributed by atoms with Gasteiger partial charge in [0.15, 0.2) is 5.75 Å². The highest BCUT2D eigenvalue weighted by molar-refractivity contribution is 5.50. The molecule has 108 valence electrons. The van der Waals surface area contributed by atoms with E-state index in [4.69, 9.17) is 10.00 Å². The Bertz CT molecular complexity index is 676. The number of pyridine rings is 1. The molecular formula is C14H9F3N2O2. The number of nitrogens with zero attached hydrogens (tertiary/aromatic N) is 2. The van der Waals surface area contributed by atoms with E-state index in [1.54, 1.807) is 12.1 Å². The first-order chi connectivity index (χ1) is 9.95. The average Bonchev–Trinajstić information content (AvgIpc) is 2.47. The number of alkyl halides is 3. The summed E-state index contributed by atoms with van der Waals surface area (Å²) in [6, 6.07) is 8.37. The fourth-order valence-corrected chi connectivity index (χ4v) is 1.64. The number of benzene rings is 1. The number of hydrogen-bond acceptors (Lipinski definition) is 4. The number of ether oxygens (including phenoxy) is 1. The zero-order valence-electron chi connectivity index (χ0n) is 10.6. The maximum atomic E-state index is 12.4. The SMILES string of the molecule is N#Cc1cccc(CO)c1Oc1ccc(C(F)(F)F)nc1. The second kappa shape index (κ2) is 5.81. The van der Waals surface area contributed by atoms with Gasteiger partial charge in [-0.15, -0.1) is 0 Å². The molecule has 0 radical (unpaired) electrons. The minimum Gasteiger partial charge on any atom is -0.454 e. The molecule has 0 amide bonds. The van der Waals surface area contributed by atoms with E-state index in [0.717, 1.165) is 18.3 Å². The van der Waals surface area contributed by atoms with Crippen molar-refractivity contribution in [3.05, 3.63) is 53.3 Å². The first kappa shape index (κ1) is 14.8. The third-order valence-electron chi connectivity index (χ3n) is 2.63. The molecular weight excluding hydrogens is 285 g/mol. The highest BCUT2D eigenvalue weighted by Crippen LogP contribution is 2.31. The Morgan fingerprint density at radius 2 is 2.00 bits per heavy atom. The van der Waals surface area contributed by atoms with Crippen molar-refractivity contribution in [2.45, 2.75) is 12.8 Å². The summed E-state index contributed by atoms with van der Waals surface area (Å²) in [5.41, 5.74) is -0.513. The topological polar surface area (TPSA) is 66.1 Å². The molecule has 0 atom stereocenters. The van der Waals surface area contributed by atoms with Crippen molar-refractivity contribution in [3.63, 3.8) is 0 Å². The molecule has 1 aromatic heterocycles. The van der Waals surface area contributed by atoms with Gasteiger partial charge in [0, 0.05) is 5.56 Å². The van der Waals surface area contributed by atoms with Gasteiger partial charge in [-0.3, -0.25) is 0 Å². The van der Waals surface area contributed by atoms with Crippen molar-refractivity contribution in [3.8, 4) is 17.6 Å². The second-order valence-corrected chi connectivity index (χ2v) is 4.04. The molecule has 0 bridgehead atoms. The molecule has 2 rings (SSSR count). The highest BCUT2D eigenvalue weighted by Gasteiger charge is 2.32. The van der Waals surface area contributed by atoms with Crippen LogP contribution in [0.4, 0.5) is 13.2 Å². The van der Waals surface area contributed by atoms with Crippen LogP contribution >= 0.6 is 0 Å². The summed E-state index contributed by atoms with van der Waals surface area (Å²) in [5, 5.41) is 18.2. The molecule has 4 nitrogen and oxygen atoms in total. The van der Waals surface area contributed by atoms with Gasteiger partial charge >= 0.3 is 6.18 Å². The quantitative estimate of drug-likeness (QED) is 0.943. The lowest BCUT2D eigenvalue weighted by molar-refractivity contribution is -0.141. The normalized spacial score (nSPS) is 11.0. The van der Waals surface area contributed by atoms with Gasteiger partial charge in [0.2, 0.25) is 0 Å². The second-order valence-electron chi connectivity index (χ2n) is 4.04. The van der Waals surface area contributed by atoms with E-state index >= 15 is 0 Å².